The van der Waals surface area contributed by atoms with Gasteiger partial charge in [0.25, 0.3) is 0 Å². The first-order valence-corrected chi connectivity index (χ1v) is 7.65. The average molecular weight is 317 g/mol. The molecule has 0 heterocycles. The maximum absolute atomic E-state index is 12.0. The number of nitrogens with zero attached hydrogens (tertiary/aromatic N) is 1. The number of thioether (sulfide) groups is 1. The van der Waals surface area contributed by atoms with Crippen LogP contribution in [0.3, 0.4) is 0 Å². The van der Waals surface area contributed by atoms with Crippen molar-refractivity contribution in [3.63, 3.8) is 0 Å². The molecular weight excluding hydrogens is 294 g/mol. The summed E-state index contributed by atoms with van der Waals surface area (Å²) in [7, 11) is 0. The molecule has 120 valence electrons. The van der Waals surface area contributed by atoms with Gasteiger partial charge in [-0.3, -0.25) is 19.3 Å². The number of hydrogen-bond donors (Lipinski definition) is 0. The highest BCUT2D eigenvalue weighted by Gasteiger charge is 2.34. The van der Waals surface area contributed by atoms with Gasteiger partial charge in [-0.15, -0.1) is 0 Å². The summed E-state index contributed by atoms with van der Waals surface area (Å²) in [5.41, 5.74) is -0.568. The first kappa shape index (κ1) is 19.6. The van der Waals surface area contributed by atoms with Crippen LogP contribution in [0.25, 0.3) is 0 Å². The van der Waals surface area contributed by atoms with E-state index in [1.807, 2.05) is 0 Å². The average Bonchev–Trinajstić information content (AvgIpc) is 2.31. The largest absolute Gasteiger partial charge is 0.464 e. The third kappa shape index (κ3) is 6.29. The van der Waals surface area contributed by atoms with Crippen LogP contribution >= 0.6 is 11.8 Å². The van der Waals surface area contributed by atoms with Crippen LogP contribution in [0.5, 0.6) is 0 Å². The summed E-state index contributed by atoms with van der Waals surface area (Å²) < 4.78 is 4.89. The highest BCUT2D eigenvalue weighted by atomic mass is 32.2. The molecule has 0 unspecified atom stereocenters. The van der Waals surface area contributed by atoms with Crippen LogP contribution in [-0.4, -0.2) is 46.2 Å². The van der Waals surface area contributed by atoms with Crippen molar-refractivity contribution < 1.29 is 23.9 Å². The molecule has 0 aliphatic heterocycles. The molecule has 0 radical (unpaired) electrons. The molecule has 0 rings (SSSR count). The Hall–Kier alpha value is -1.37. The van der Waals surface area contributed by atoms with Crippen molar-refractivity contribution in [1.29, 1.82) is 0 Å². The second-order valence-electron chi connectivity index (χ2n) is 5.52. The minimum absolute atomic E-state index is 0.00586. The van der Waals surface area contributed by atoms with Gasteiger partial charge in [-0.1, -0.05) is 32.5 Å². The van der Waals surface area contributed by atoms with Crippen LogP contribution in [0.1, 0.15) is 41.5 Å². The summed E-state index contributed by atoms with van der Waals surface area (Å²) in [6.07, 6.45) is 0. The molecule has 21 heavy (non-hydrogen) atoms. The quantitative estimate of drug-likeness (QED) is 0.717. The van der Waals surface area contributed by atoms with Crippen molar-refractivity contribution in [3.8, 4) is 0 Å². The molecule has 0 saturated heterocycles. The van der Waals surface area contributed by atoms with Crippen molar-refractivity contribution >= 4 is 34.7 Å². The predicted octanol–water partition coefficient (Wildman–Crippen LogP) is 1.62. The first-order valence-electron chi connectivity index (χ1n) is 6.66. The van der Waals surface area contributed by atoms with Gasteiger partial charge in [-0.2, -0.15) is 0 Å². The van der Waals surface area contributed by atoms with Crippen LogP contribution in [-0.2, 0) is 23.9 Å². The fourth-order valence-corrected chi connectivity index (χ4v) is 2.55. The van der Waals surface area contributed by atoms with Gasteiger partial charge in [0.1, 0.15) is 6.04 Å². The zero-order valence-electron chi connectivity index (χ0n) is 13.4. The van der Waals surface area contributed by atoms with Gasteiger partial charge in [0.05, 0.1) is 6.61 Å². The number of esters is 1. The van der Waals surface area contributed by atoms with Crippen LogP contribution in [0.2, 0.25) is 0 Å². The van der Waals surface area contributed by atoms with E-state index in [2.05, 4.69) is 0 Å². The van der Waals surface area contributed by atoms with Gasteiger partial charge in [0.15, 0.2) is 5.12 Å². The molecule has 0 aromatic heterocycles. The fourth-order valence-electron chi connectivity index (χ4n) is 1.52. The summed E-state index contributed by atoms with van der Waals surface area (Å²) in [6, 6.07) is -1.09. The molecule has 0 spiro atoms. The summed E-state index contributed by atoms with van der Waals surface area (Å²) in [6.45, 7) is 9.44. The summed E-state index contributed by atoms with van der Waals surface area (Å²) in [4.78, 5) is 47.9. The Labute approximate surface area is 129 Å². The second-order valence-corrected chi connectivity index (χ2v) is 6.52. The molecule has 0 aromatic rings. The number of rotatable bonds is 5. The normalized spacial score (nSPS) is 12.5. The minimum Gasteiger partial charge on any atom is -0.464 e. The maximum Gasteiger partial charge on any atom is 0.330 e. The number of amides is 2. The molecule has 7 heteroatoms. The zero-order chi connectivity index (χ0) is 16.8. The van der Waals surface area contributed by atoms with E-state index < -0.39 is 29.2 Å². The number of hydrogen-bond acceptors (Lipinski definition) is 6. The standard InChI is InChI=1S/C14H23NO5S/c1-7-20-12(18)11(15(9(2)16)10(3)17)8-21-13(19)14(4,5)6/h11H,7-8H2,1-6H3/t11-/m0/s1. The van der Waals surface area contributed by atoms with Crippen LogP contribution in [0.4, 0.5) is 0 Å². The Bertz CT molecular complexity index is 414. The lowest BCUT2D eigenvalue weighted by Crippen LogP contribution is -2.49. The Morgan fingerprint density at radius 3 is 1.90 bits per heavy atom. The van der Waals surface area contributed by atoms with Crippen LogP contribution < -0.4 is 0 Å². The van der Waals surface area contributed by atoms with E-state index in [1.54, 1.807) is 27.7 Å². The topological polar surface area (TPSA) is 80.8 Å². The lowest BCUT2D eigenvalue weighted by molar-refractivity contribution is -0.158. The third-order valence-corrected chi connectivity index (χ3v) is 3.89. The molecule has 0 aliphatic rings. The number of carbonyl (C=O) groups excluding carboxylic acids is 4. The smallest absolute Gasteiger partial charge is 0.330 e. The van der Waals surface area contributed by atoms with E-state index in [0.29, 0.717) is 0 Å². The van der Waals surface area contributed by atoms with Crippen LogP contribution in [0.15, 0.2) is 0 Å². The molecule has 0 fully saturated rings. The summed E-state index contributed by atoms with van der Waals surface area (Å²) >= 11 is 0.923. The Morgan fingerprint density at radius 2 is 1.57 bits per heavy atom. The summed E-state index contributed by atoms with van der Waals surface area (Å²) in [5, 5.41) is -0.121. The maximum atomic E-state index is 12.0. The SMILES string of the molecule is CCOC(=O)[C@H](CSC(=O)C(C)(C)C)N(C(C)=O)C(C)=O. The van der Waals surface area contributed by atoms with Gasteiger partial charge in [-0.05, 0) is 6.92 Å². The molecule has 0 aliphatic carbocycles. The number of carbonyl (C=O) groups is 4. The van der Waals surface area contributed by atoms with E-state index in [-0.39, 0.29) is 17.5 Å². The van der Waals surface area contributed by atoms with E-state index in [0.717, 1.165) is 16.7 Å². The first-order chi connectivity index (χ1) is 9.52. The molecule has 6 nitrogen and oxygen atoms in total. The zero-order valence-corrected chi connectivity index (χ0v) is 14.2. The van der Waals surface area contributed by atoms with Crippen molar-refractivity contribution in [1.82, 2.24) is 4.90 Å². The van der Waals surface area contributed by atoms with Crippen molar-refractivity contribution in [3.05, 3.63) is 0 Å². The molecule has 0 N–H and O–H groups in total. The lowest BCUT2D eigenvalue weighted by atomic mass is 10.00. The predicted molar refractivity (Wildman–Crippen MR) is 80.5 cm³/mol. The lowest BCUT2D eigenvalue weighted by Gasteiger charge is -2.27. The number of imide groups is 1. The van der Waals surface area contributed by atoms with E-state index in [4.69, 9.17) is 4.74 Å². The monoisotopic (exact) mass is 317 g/mol. The van der Waals surface area contributed by atoms with Crippen molar-refractivity contribution in [2.24, 2.45) is 5.41 Å². The Kier molecular flexibility index (Phi) is 7.63. The highest BCUT2D eigenvalue weighted by Crippen LogP contribution is 2.24. The molecular formula is C14H23NO5S. The van der Waals surface area contributed by atoms with Gasteiger partial charge in [0, 0.05) is 25.0 Å². The molecule has 2 amide bonds. The van der Waals surface area contributed by atoms with Gasteiger partial charge >= 0.3 is 5.97 Å². The molecule has 0 aromatic carbocycles. The van der Waals surface area contributed by atoms with Gasteiger partial charge < -0.3 is 4.74 Å². The minimum atomic E-state index is -1.09. The van der Waals surface area contributed by atoms with E-state index >= 15 is 0 Å². The Morgan fingerprint density at radius 1 is 1.10 bits per heavy atom. The van der Waals surface area contributed by atoms with Crippen molar-refractivity contribution in [2.75, 3.05) is 12.4 Å². The second kappa shape index (κ2) is 8.17. The van der Waals surface area contributed by atoms with E-state index in [9.17, 15) is 19.2 Å². The molecule has 1 atom stereocenters. The third-order valence-electron chi connectivity index (χ3n) is 2.53. The van der Waals surface area contributed by atoms with Gasteiger partial charge in [0.2, 0.25) is 11.8 Å². The number of ether oxygens (including phenoxy) is 1. The molecule has 0 saturated carbocycles. The van der Waals surface area contributed by atoms with E-state index in [1.165, 1.54) is 13.8 Å². The molecule has 0 bridgehead atoms. The Balaban J connectivity index is 5.15. The summed E-state index contributed by atoms with van der Waals surface area (Å²) in [5.74, 6) is -1.79. The fraction of sp³-hybridized carbons (Fsp3) is 0.714. The van der Waals surface area contributed by atoms with Crippen LogP contribution in [0, 0.1) is 5.41 Å². The van der Waals surface area contributed by atoms with Crippen molar-refractivity contribution in [2.45, 2.75) is 47.6 Å². The van der Waals surface area contributed by atoms with Gasteiger partial charge in [-0.25, -0.2) is 4.79 Å². The highest BCUT2D eigenvalue weighted by molar-refractivity contribution is 8.13.